The molecule has 3 rings (SSSR count). The van der Waals surface area contributed by atoms with Crippen LogP contribution in [0, 0.1) is 5.92 Å². The van der Waals surface area contributed by atoms with Crippen LogP contribution in [0.15, 0.2) is 18.3 Å². The van der Waals surface area contributed by atoms with Gasteiger partial charge in [0.15, 0.2) is 5.69 Å². The zero-order chi connectivity index (χ0) is 15.5. The molecular formula is C15H20N4O3. The summed E-state index contributed by atoms with van der Waals surface area (Å²) >= 11 is 0. The number of hydrogen-bond donors (Lipinski definition) is 2. The van der Waals surface area contributed by atoms with E-state index in [4.69, 9.17) is 5.11 Å². The number of rotatable bonds is 4. The molecule has 0 bridgehead atoms. The van der Waals surface area contributed by atoms with Crippen molar-refractivity contribution in [3.05, 3.63) is 24.0 Å². The molecule has 22 heavy (non-hydrogen) atoms. The fourth-order valence-electron chi connectivity index (χ4n) is 3.26. The molecule has 1 saturated carbocycles. The van der Waals surface area contributed by atoms with Crippen LogP contribution in [0.3, 0.4) is 0 Å². The van der Waals surface area contributed by atoms with Crippen LogP contribution < -0.4 is 5.32 Å². The van der Waals surface area contributed by atoms with Crippen LogP contribution in [0.2, 0.25) is 0 Å². The molecule has 1 aromatic rings. The van der Waals surface area contributed by atoms with Gasteiger partial charge in [-0.2, -0.15) is 0 Å². The smallest absolute Gasteiger partial charge is 0.358 e. The summed E-state index contributed by atoms with van der Waals surface area (Å²) < 4.78 is 1.60. The first kappa shape index (κ1) is 14.7. The van der Waals surface area contributed by atoms with Gasteiger partial charge >= 0.3 is 5.97 Å². The van der Waals surface area contributed by atoms with Crippen molar-refractivity contribution in [2.24, 2.45) is 5.92 Å². The van der Waals surface area contributed by atoms with E-state index in [1.54, 1.807) is 4.68 Å². The standard InChI is InChI=1S/C15H20N4O3/c20-14(10-5-1-2-6-10)16-11-7-3-4-8-13(11)19-9-12(15(21)22)17-18-19/h1-2,9-11,13H,3-8H2,(H,16,20)(H,21,22)/t11-,13+/m0/s1. The van der Waals surface area contributed by atoms with Crippen molar-refractivity contribution in [3.63, 3.8) is 0 Å². The fourth-order valence-corrected chi connectivity index (χ4v) is 3.26. The van der Waals surface area contributed by atoms with Crippen molar-refractivity contribution in [2.45, 2.75) is 50.6 Å². The van der Waals surface area contributed by atoms with Gasteiger partial charge in [-0.05, 0) is 25.7 Å². The lowest BCUT2D eigenvalue weighted by molar-refractivity contribution is -0.126. The lowest BCUT2D eigenvalue weighted by Crippen LogP contribution is -2.45. The van der Waals surface area contributed by atoms with Crippen LogP contribution in [-0.4, -0.2) is 38.0 Å². The maximum Gasteiger partial charge on any atom is 0.358 e. The summed E-state index contributed by atoms with van der Waals surface area (Å²) in [5, 5.41) is 19.7. The van der Waals surface area contributed by atoms with E-state index in [1.807, 2.05) is 12.2 Å². The lowest BCUT2D eigenvalue weighted by Gasteiger charge is -2.32. The number of allylic oxidation sites excluding steroid dienone is 2. The summed E-state index contributed by atoms with van der Waals surface area (Å²) in [5.41, 5.74) is -0.0596. The Morgan fingerprint density at radius 1 is 1.23 bits per heavy atom. The molecule has 7 nitrogen and oxygen atoms in total. The van der Waals surface area contributed by atoms with Crippen molar-refractivity contribution in [3.8, 4) is 0 Å². The Bertz CT molecular complexity index is 587. The average molecular weight is 304 g/mol. The Kier molecular flexibility index (Phi) is 4.22. The summed E-state index contributed by atoms with van der Waals surface area (Å²) in [6.07, 6.45) is 11.0. The molecule has 1 amide bonds. The predicted molar refractivity (Wildman–Crippen MR) is 78.3 cm³/mol. The van der Waals surface area contributed by atoms with Crippen molar-refractivity contribution < 1.29 is 14.7 Å². The van der Waals surface area contributed by atoms with Gasteiger partial charge in [-0.15, -0.1) is 5.10 Å². The lowest BCUT2D eigenvalue weighted by atomic mass is 9.89. The number of carboxylic acid groups (broad SMARTS) is 1. The molecule has 7 heteroatoms. The molecule has 2 atom stereocenters. The Morgan fingerprint density at radius 3 is 2.64 bits per heavy atom. The van der Waals surface area contributed by atoms with Crippen LogP contribution in [-0.2, 0) is 4.79 Å². The third kappa shape index (κ3) is 3.03. The Labute approximate surface area is 128 Å². The first-order valence-corrected chi connectivity index (χ1v) is 7.75. The van der Waals surface area contributed by atoms with Crippen LogP contribution >= 0.6 is 0 Å². The van der Waals surface area contributed by atoms with Crippen LogP contribution in [0.4, 0.5) is 0 Å². The van der Waals surface area contributed by atoms with E-state index in [0.717, 1.165) is 38.5 Å². The van der Waals surface area contributed by atoms with Crippen LogP contribution in [0.25, 0.3) is 0 Å². The van der Waals surface area contributed by atoms with E-state index in [2.05, 4.69) is 15.6 Å². The highest BCUT2D eigenvalue weighted by Crippen LogP contribution is 2.29. The van der Waals surface area contributed by atoms with Crippen molar-refractivity contribution >= 4 is 11.9 Å². The van der Waals surface area contributed by atoms with Gasteiger partial charge in [0, 0.05) is 5.92 Å². The van der Waals surface area contributed by atoms with Gasteiger partial charge in [0.1, 0.15) is 0 Å². The van der Waals surface area contributed by atoms with E-state index >= 15 is 0 Å². The van der Waals surface area contributed by atoms with Crippen LogP contribution in [0.5, 0.6) is 0 Å². The topological polar surface area (TPSA) is 97.1 Å². The molecule has 0 aromatic carbocycles. The van der Waals surface area contributed by atoms with E-state index < -0.39 is 5.97 Å². The minimum Gasteiger partial charge on any atom is -0.476 e. The second-order valence-electron chi connectivity index (χ2n) is 6.00. The van der Waals surface area contributed by atoms with Crippen molar-refractivity contribution in [1.82, 2.24) is 20.3 Å². The zero-order valence-corrected chi connectivity index (χ0v) is 12.3. The zero-order valence-electron chi connectivity index (χ0n) is 12.3. The quantitative estimate of drug-likeness (QED) is 0.822. The van der Waals surface area contributed by atoms with Gasteiger partial charge in [0.2, 0.25) is 5.91 Å². The van der Waals surface area contributed by atoms with E-state index in [9.17, 15) is 9.59 Å². The van der Waals surface area contributed by atoms with Gasteiger partial charge in [-0.25, -0.2) is 9.48 Å². The minimum absolute atomic E-state index is 0.00908. The first-order chi connectivity index (χ1) is 10.6. The molecule has 0 saturated heterocycles. The molecular weight excluding hydrogens is 284 g/mol. The van der Waals surface area contributed by atoms with E-state index in [1.165, 1.54) is 6.20 Å². The third-order valence-electron chi connectivity index (χ3n) is 4.50. The molecule has 0 spiro atoms. The van der Waals surface area contributed by atoms with Gasteiger partial charge in [-0.3, -0.25) is 4.79 Å². The molecule has 1 aromatic heterocycles. The highest BCUT2D eigenvalue weighted by atomic mass is 16.4. The maximum atomic E-state index is 12.3. The number of aromatic nitrogens is 3. The summed E-state index contributed by atoms with van der Waals surface area (Å²) in [6.45, 7) is 0. The summed E-state index contributed by atoms with van der Waals surface area (Å²) in [6, 6.07) is -0.0298. The largest absolute Gasteiger partial charge is 0.476 e. The van der Waals surface area contributed by atoms with Crippen molar-refractivity contribution in [2.75, 3.05) is 0 Å². The normalized spacial score (nSPS) is 25.3. The molecule has 2 N–H and O–H groups in total. The summed E-state index contributed by atoms with van der Waals surface area (Å²) in [5.74, 6) is -0.965. The van der Waals surface area contributed by atoms with Gasteiger partial charge in [-0.1, -0.05) is 30.2 Å². The highest BCUT2D eigenvalue weighted by Gasteiger charge is 2.31. The molecule has 1 heterocycles. The number of carboxylic acids is 1. The SMILES string of the molecule is O=C(O)c1cn([C@@H]2CCCC[C@@H]2NC(=O)C2CC=CC2)nn1. The fraction of sp³-hybridized carbons (Fsp3) is 0.600. The molecule has 0 unspecified atom stereocenters. The van der Waals surface area contributed by atoms with Gasteiger partial charge in [0.05, 0.1) is 18.3 Å². The first-order valence-electron chi connectivity index (χ1n) is 7.75. The second kappa shape index (κ2) is 6.29. The molecule has 0 aliphatic heterocycles. The summed E-state index contributed by atoms with van der Waals surface area (Å²) in [7, 11) is 0. The van der Waals surface area contributed by atoms with Gasteiger partial charge < -0.3 is 10.4 Å². The predicted octanol–water partition coefficient (Wildman–Crippen LogP) is 1.54. The summed E-state index contributed by atoms with van der Waals surface area (Å²) in [4.78, 5) is 23.3. The van der Waals surface area contributed by atoms with E-state index in [-0.39, 0.29) is 29.6 Å². The number of amides is 1. The minimum atomic E-state index is -1.08. The Balaban J connectivity index is 1.70. The number of aromatic carboxylic acids is 1. The van der Waals surface area contributed by atoms with Crippen molar-refractivity contribution in [1.29, 1.82) is 0 Å². The molecule has 118 valence electrons. The maximum absolute atomic E-state index is 12.3. The van der Waals surface area contributed by atoms with Gasteiger partial charge in [0.25, 0.3) is 0 Å². The Morgan fingerprint density at radius 2 is 1.95 bits per heavy atom. The second-order valence-corrected chi connectivity index (χ2v) is 6.00. The molecule has 2 aliphatic rings. The van der Waals surface area contributed by atoms with E-state index in [0.29, 0.717) is 0 Å². The Hall–Kier alpha value is -2.18. The monoisotopic (exact) mass is 304 g/mol. The molecule has 2 aliphatic carbocycles. The number of carbonyl (C=O) groups excluding carboxylic acids is 1. The third-order valence-corrected chi connectivity index (χ3v) is 4.50. The average Bonchev–Trinajstić information content (AvgIpc) is 3.19. The number of nitrogens with one attached hydrogen (secondary N) is 1. The molecule has 1 fully saturated rings. The number of hydrogen-bond acceptors (Lipinski definition) is 4. The highest BCUT2D eigenvalue weighted by molar-refractivity contribution is 5.84. The number of nitrogens with zero attached hydrogens (tertiary/aromatic N) is 3. The molecule has 0 radical (unpaired) electrons. The number of carbonyl (C=O) groups is 2. The van der Waals surface area contributed by atoms with Crippen LogP contribution in [0.1, 0.15) is 55.1 Å².